The molecular formula is C12H12N4O3S. The molecule has 0 aliphatic rings. The van der Waals surface area contributed by atoms with Crippen molar-refractivity contribution in [1.29, 1.82) is 0 Å². The molecule has 0 aliphatic heterocycles. The summed E-state index contributed by atoms with van der Waals surface area (Å²) >= 11 is 0. The van der Waals surface area contributed by atoms with E-state index in [0.29, 0.717) is 5.69 Å². The van der Waals surface area contributed by atoms with Crippen LogP contribution >= 0.6 is 0 Å². The zero-order chi connectivity index (χ0) is 14.8. The lowest BCUT2D eigenvalue weighted by Gasteiger charge is -2.07. The van der Waals surface area contributed by atoms with Crippen LogP contribution < -0.4 is 16.2 Å². The average molecular weight is 292 g/mol. The molecular weight excluding hydrogens is 280 g/mol. The number of rotatable bonds is 3. The molecule has 104 valence electrons. The van der Waals surface area contributed by atoms with Crippen molar-refractivity contribution in [2.45, 2.75) is 4.90 Å². The lowest BCUT2D eigenvalue weighted by atomic mass is 10.2. The smallest absolute Gasteiger partial charge is 0.259 e. The second-order valence-corrected chi connectivity index (χ2v) is 5.52. The Balaban J connectivity index is 2.27. The monoisotopic (exact) mass is 292 g/mol. The highest BCUT2D eigenvalue weighted by Gasteiger charge is 2.12. The number of benzene rings is 1. The molecule has 0 radical (unpaired) electrons. The summed E-state index contributed by atoms with van der Waals surface area (Å²) in [4.78, 5) is 15.7. The second kappa shape index (κ2) is 5.27. The second-order valence-electron chi connectivity index (χ2n) is 3.96. The molecule has 0 saturated carbocycles. The van der Waals surface area contributed by atoms with Gasteiger partial charge >= 0.3 is 0 Å². The van der Waals surface area contributed by atoms with Crippen LogP contribution in [-0.4, -0.2) is 19.3 Å². The summed E-state index contributed by atoms with van der Waals surface area (Å²) in [5.41, 5.74) is 6.08. The predicted octanol–water partition coefficient (Wildman–Crippen LogP) is 0.564. The number of amides is 1. The van der Waals surface area contributed by atoms with Gasteiger partial charge in [0.05, 0.1) is 10.5 Å². The number of aromatic nitrogens is 1. The lowest BCUT2D eigenvalue weighted by molar-refractivity contribution is 0.102. The molecule has 1 heterocycles. The third-order valence-electron chi connectivity index (χ3n) is 2.50. The Labute approximate surface area is 115 Å². The molecule has 0 spiro atoms. The number of anilines is 2. The van der Waals surface area contributed by atoms with Crippen molar-refractivity contribution >= 4 is 27.4 Å². The van der Waals surface area contributed by atoms with E-state index < -0.39 is 15.9 Å². The fourth-order valence-corrected chi connectivity index (χ4v) is 2.12. The molecule has 0 fully saturated rings. The summed E-state index contributed by atoms with van der Waals surface area (Å²) in [6.45, 7) is 0. The van der Waals surface area contributed by atoms with Crippen LogP contribution in [0.3, 0.4) is 0 Å². The van der Waals surface area contributed by atoms with Gasteiger partial charge in [-0.15, -0.1) is 0 Å². The number of pyridine rings is 1. The SMILES string of the molecule is Nc1ncccc1C(=O)Nc1cccc(S(N)(=O)=O)c1. The maximum atomic E-state index is 12.0. The lowest BCUT2D eigenvalue weighted by Crippen LogP contribution is -2.16. The first-order valence-corrected chi connectivity index (χ1v) is 7.07. The van der Waals surface area contributed by atoms with Crippen LogP contribution in [0.1, 0.15) is 10.4 Å². The molecule has 5 N–H and O–H groups in total. The quantitative estimate of drug-likeness (QED) is 0.761. The molecule has 20 heavy (non-hydrogen) atoms. The summed E-state index contributed by atoms with van der Waals surface area (Å²) in [6, 6.07) is 8.71. The van der Waals surface area contributed by atoms with E-state index in [4.69, 9.17) is 10.9 Å². The summed E-state index contributed by atoms with van der Waals surface area (Å²) in [5.74, 6) is -0.394. The van der Waals surface area contributed by atoms with Crippen molar-refractivity contribution in [3.63, 3.8) is 0 Å². The Bertz CT molecular complexity index is 759. The van der Waals surface area contributed by atoms with Gasteiger partial charge in [0, 0.05) is 11.9 Å². The predicted molar refractivity (Wildman–Crippen MR) is 74.4 cm³/mol. The third-order valence-corrected chi connectivity index (χ3v) is 3.41. The number of carbonyl (C=O) groups excluding carboxylic acids is 1. The number of sulfonamides is 1. The van der Waals surface area contributed by atoms with Crippen molar-refractivity contribution in [2.24, 2.45) is 5.14 Å². The van der Waals surface area contributed by atoms with Crippen molar-refractivity contribution in [2.75, 3.05) is 11.1 Å². The number of nitrogens with zero attached hydrogens (tertiary/aromatic N) is 1. The highest BCUT2D eigenvalue weighted by Crippen LogP contribution is 2.16. The molecule has 8 heteroatoms. The Hall–Kier alpha value is -2.45. The van der Waals surface area contributed by atoms with Crippen LogP contribution in [0, 0.1) is 0 Å². The van der Waals surface area contributed by atoms with Gasteiger partial charge < -0.3 is 11.1 Å². The van der Waals surface area contributed by atoms with Crippen LogP contribution in [0.15, 0.2) is 47.5 Å². The first-order valence-electron chi connectivity index (χ1n) is 5.52. The maximum absolute atomic E-state index is 12.0. The Morgan fingerprint density at radius 3 is 2.60 bits per heavy atom. The topological polar surface area (TPSA) is 128 Å². The molecule has 0 bridgehead atoms. The summed E-state index contributed by atoms with van der Waals surface area (Å²) in [7, 11) is -3.82. The molecule has 0 aliphatic carbocycles. The van der Waals surface area contributed by atoms with Gasteiger partial charge in [-0.25, -0.2) is 18.5 Å². The Morgan fingerprint density at radius 2 is 1.95 bits per heavy atom. The summed E-state index contributed by atoms with van der Waals surface area (Å²) in [6.07, 6.45) is 1.47. The van der Waals surface area contributed by atoms with E-state index in [0.717, 1.165) is 0 Å². The van der Waals surface area contributed by atoms with Crippen LogP contribution in [0.5, 0.6) is 0 Å². The minimum atomic E-state index is -3.82. The van der Waals surface area contributed by atoms with E-state index in [1.54, 1.807) is 12.1 Å². The Kier molecular flexibility index (Phi) is 3.68. The van der Waals surface area contributed by atoms with Crippen LogP contribution in [0.2, 0.25) is 0 Å². The molecule has 1 aromatic heterocycles. The fraction of sp³-hybridized carbons (Fsp3) is 0. The molecule has 2 rings (SSSR count). The van der Waals surface area contributed by atoms with E-state index in [-0.39, 0.29) is 16.3 Å². The van der Waals surface area contributed by atoms with Gasteiger partial charge in [0.1, 0.15) is 5.82 Å². The molecule has 0 atom stereocenters. The van der Waals surface area contributed by atoms with Gasteiger partial charge in [0.2, 0.25) is 10.0 Å². The first-order chi connectivity index (χ1) is 9.38. The van der Waals surface area contributed by atoms with E-state index in [9.17, 15) is 13.2 Å². The normalized spacial score (nSPS) is 11.1. The molecule has 7 nitrogen and oxygen atoms in total. The van der Waals surface area contributed by atoms with Gasteiger partial charge in [-0.2, -0.15) is 0 Å². The number of hydrogen-bond acceptors (Lipinski definition) is 5. The van der Waals surface area contributed by atoms with Crippen molar-refractivity contribution in [1.82, 2.24) is 4.98 Å². The summed E-state index contributed by atoms with van der Waals surface area (Å²) in [5, 5.41) is 7.55. The van der Waals surface area contributed by atoms with Gasteiger partial charge in [-0.1, -0.05) is 6.07 Å². The average Bonchev–Trinajstić information content (AvgIpc) is 2.38. The zero-order valence-electron chi connectivity index (χ0n) is 10.3. The van der Waals surface area contributed by atoms with E-state index in [2.05, 4.69) is 10.3 Å². The van der Waals surface area contributed by atoms with Crippen molar-refractivity contribution in [3.05, 3.63) is 48.2 Å². The summed E-state index contributed by atoms with van der Waals surface area (Å²) < 4.78 is 22.5. The minimum absolute atomic E-state index is 0.0885. The van der Waals surface area contributed by atoms with Crippen molar-refractivity contribution < 1.29 is 13.2 Å². The highest BCUT2D eigenvalue weighted by molar-refractivity contribution is 7.89. The Morgan fingerprint density at radius 1 is 1.20 bits per heavy atom. The maximum Gasteiger partial charge on any atom is 0.259 e. The van der Waals surface area contributed by atoms with E-state index in [1.165, 1.54) is 30.5 Å². The van der Waals surface area contributed by atoms with Crippen molar-refractivity contribution in [3.8, 4) is 0 Å². The van der Waals surface area contributed by atoms with Crippen LogP contribution in [0.4, 0.5) is 11.5 Å². The van der Waals surface area contributed by atoms with Crippen LogP contribution in [-0.2, 0) is 10.0 Å². The van der Waals surface area contributed by atoms with Gasteiger partial charge in [-0.3, -0.25) is 4.79 Å². The number of nitrogens with two attached hydrogens (primary N) is 2. The van der Waals surface area contributed by atoms with Gasteiger partial charge in [0.25, 0.3) is 5.91 Å². The van der Waals surface area contributed by atoms with Gasteiger partial charge in [0.15, 0.2) is 0 Å². The minimum Gasteiger partial charge on any atom is -0.383 e. The fourth-order valence-electron chi connectivity index (χ4n) is 1.56. The standard InChI is InChI=1S/C12H12N4O3S/c13-11-10(5-2-6-15-11)12(17)16-8-3-1-4-9(7-8)20(14,18)19/h1-7H,(H2,13,15)(H,16,17)(H2,14,18,19). The number of primary sulfonamides is 1. The molecule has 0 saturated heterocycles. The molecule has 0 unspecified atom stereocenters. The number of carbonyl (C=O) groups is 1. The number of nitrogens with one attached hydrogen (secondary N) is 1. The molecule has 1 aromatic carbocycles. The largest absolute Gasteiger partial charge is 0.383 e. The molecule has 2 aromatic rings. The highest BCUT2D eigenvalue weighted by atomic mass is 32.2. The molecule has 1 amide bonds. The first kappa shape index (κ1) is 14.0. The zero-order valence-corrected chi connectivity index (χ0v) is 11.1. The third kappa shape index (κ3) is 3.11. The van der Waals surface area contributed by atoms with Gasteiger partial charge in [-0.05, 0) is 30.3 Å². The van der Waals surface area contributed by atoms with Crippen LogP contribution in [0.25, 0.3) is 0 Å². The van der Waals surface area contributed by atoms with E-state index in [1.807, 2.05) is 0 Å². The van der Waals surface area contributed by atoms with E-state index >= 15 is 0 Å². The number of hydrogen-bond donors (Lipinski definition) is 3. The number of nitrogen functional groups attached to an aromatic ring is 1.